The van der Waals surface area contributed by atoms with Crippen molar-refractivity contribution in [1.82, 2.24) is 4.90 Å². The van der Waals surface area contributed by atoms with Gasteiger partial charge in [0.15, 0.2) is 0 Å². The molecule has 1 fully saturated rings. The molecule has 1 unspecified atom stereocenters. The van der Waals surface area contributed by atoms with Gasteiger partial charge < -0.3 is 10.8 Å². The lowest BCUT2D eigenvalue weighted by Gasteiger charge is -2.13. The number of rotatable bonds is 3. The second kappa shape index (κ2) is 6.01. The zero-order valence-corrected chi connectivity index (χ0v) is 10.9. The molecular formula is C13H16N2O2S. The van der Waals surface area contributed by atoms with Crippen LogP contribution < -0.4 is 5.73 Å². The Morgan fingerprint density at radius 1 is 1.61 bits per heavy atom. The first-order valence-electron chi connectivity index (χ1n) is 5.89. The summed E-state index contributed by atoms with van der Waals surface area (Å²) in [6.07, 6.45) is 0.859. The number of hydrogen-bond acceptors (Lipinski definition) is 4. The minimum Gasteiger partial charge on any atom is -0.384 e. The summed E-state index contributed by atoms with van der Waals surface area (Å²) in [6, 6.07) is 4.01. The first kappa shape index (κ1) is 13.1. The molecule has 18 heavy (non-hydrogen) atoms. The van der Waals surface area contributed by atoms with Crippen LogP contribution in [0.3, 0.4) is 0 Å². The Bertz CT molecular complexity index is 487. The first-order valence-corrected chi connectivity index (χ1v) is 6.71. The highest BCUT2D eigenvalue weighted by Gasteiger charge is 2.26. The molecule has 1 aliphatic heterocycles. The van der Waals surface area contributed by atoms with E-state index in [0.29, 0.717) is 0 Å². The van der Waals surface area contributed by atoms with E-state index in [9.17, 15) is 4.79 Å². The molecule has 5 heteroatoms. The van der Waals surface area contributed by atoms with Crippen LogP contribution in [-0.2, 0) is 11.3 Å². The third-order valence-corrected chi connectivity index (χ3v) is 3.99. The number of nitrogens with zero attached hydrogens (tertiary/aromatic N) is 1. The number of likely N-dealkylation sites (tertiary alicyclic amines) is 1. The Kier molecular flexibility index (Phi) is 4.37. The summed E-state index contributed by atoms with van der Waals surface area (Å²) in [5, 5.41) is 8.62. The van der Waals surface area contributed by atoms with E-state index in [1.54, 1.807) is 11.3 Å². The summed E-state index contributed by atoms with van der Waals surface area (Å²) >= 11 is 1.63. The maximum Gasteiger partial charge on any atom is 0.221 e. The van der Waals surface area contributed by atoms with Crippen LogP contribution in [0.25, 0.3) is 0 Å². The number of primary amides is 1. The molecular weight excluding hydrogens is 248 g/mol. The van der Waals surface area contributed by atoms with Gasteiger partial charge in [0.05, 0.1) is 10.8 Å². The minimum absolute atomic E-state index is 0.00128. The number of amides is 1. The van der Waals surface area contributed by atoms with E-state index < -0.39 is 0 Å². The van der Waals surface area contributed by atoms with Crippen molar-refractivity contribution in [2.24, 2.45) is 11.7 Å². The average Bonchev–Trinajstić information content (AvgIpc) is 2.96. The van der Waals surface area contributed by atoms with Gasteiger partial charge in [-0.15, -0.1) is 11.3 Å². The van der Waals surface area contributed by atoms with Gasteiger partial charge in [-0.3, -0.25) is 9.69 Å². The maximum absolute atomic E-state index is 11.1. The third kappa shape index (κ3) is 3.33. The minimum atomic E-state index is -0.196. The van der Waals surface area contributed by atoms with Gasteiger partial charge in [-0.25, -0.2) is 0 Å². The molecule has 96 valence electrons. The standard InChI is InChI=1S/C13H16N2O2S/c14-13(17)10-5-6-15(8-10)9-12-4-3-11(18-12)2-1-7-16/h3-4,10,16H,5-9H2,(H2,14,17). The van der Waals surface area contributed by atoms with Crippen molar-refractivity contribution in [3.63, 3.8) is 0 Å². The van der Waals surface area contributed by atoms with Crippen LogP contribution in [0.4, 0.5) is 0 Å². The van der Waals surface area contributed by atoms with Crippen LogP contribution >= 0.6 is 11.3 Å². The maximum atomic E-state index is 11.1. The van der Waals surface area contributed by atoms with Gasteiger partial charge in [-0.05, 0) is 25.1 Å². The van der Waals surface area contributed by atoms with Crippen molar-refractivity contribution in [3.05, 3.63) is 21.9 Å². The van der Waals surface area contributed by atoms with Gasteiger partial charge in [0.2, 0.25) is 5.91 Å². The molecule has 1 aliphatic rings. The number of aliphatic hydroxyl groups excluding tert-OH is 1. The molecule has 0 bridgehead atoms. The molecule has 3 N–H and O–H groups in total. The van der Waals surface area contributed by atoms with Gasteiger partial charge in [-0.1, -0.05) is 11.8 Å². The Labute approximate surface area is 110 Å². The fourth-order valence-electron chi connectivity index (χ4n) is 2.09. The van der Waals surface area contributed by atoms with E-state index >= 15 is 0 Å². The Morgan fingerprint density at radius 2 is 2.44 bits per heavy atom. The van der Waals surface area contributed by atoms with Crippen molar-refractivity contribution in [1.29, 1.82) is 0 Å². The number of nitrogens with two attached hydrogens (primary N) is 1. The molecule has 1 atom stereocenters. The molecule has 0 spiro atoms. The van der Waals surface area contributed by atoms with Crippen LogP contribution in [0.5, 0.6) is 0 Å². The zero-order chi connectivity index (χ0) is 13.0. The van der Waals surface area contributed by atoms with E-state index in [1.807, 2.05) is 12.1 Å². The molecule has 1 saturated heterocycles. The van der Waals surface area contributed by atoms with Gasteiger partial charge >= 0.3 is 0 Å². The highest BCUT2D eigenvalue weighted by Crippen LogP contribution is 2.22. The van der Waals surface area contributed by atoms with Gasteiger partial charge in [0, 0.05) is 18.0 Å². The van der Waals surface area contributed by atoms with Crippen molar-refractivity contribution >= 4 is 17.2 Å². The number of hydrogen-bond donors (Lipinski definition) is 2. The first-order chi connectivity index (χ1) is 8.69. The summed E-state index contributed by atoms with van der Waals surface area (Å²) in [5.74, 6) is 5.33. The van der Waals surface area contributed by atoms with E-state index in [1.165, 1.54) is 4.88 Å². The summed E-state index contributed by atoms with van der Waals surface area (Å²) in [7, 11) is 0. The fourth-order valence-corrected chi connectivity index (χ4v) is 3.01. The Morgan fingerprint density at radius 3 is 3.11 bits per heavy atom. The van der Waals surface area contributed by atoms with E-state index in [0.717, 1.165) is 30.9 Å². The summed E-state index contributed by atoms with van der Waals surface area (Å²) in [5.41, 5.74) is 5.31. The Hall–Kier alpha value is -1.35. The van der Waals surface area contributed by atoms with Gasteiger partial charge in [0.25, 0.3) is 0 Å². The topological polar surface area (TPSA) is 66.6 Å². The van der Waals surface area contributed by atoms with Crippen molar-refractivity contribution in [3.8, 4) is 11.8 Å². The van der Waals surface area contributed by atoms with E-state index in [-0.39, 0.29) is 18.4 Å². The van der Waals surface area contributed by atoms with E-state index in [4.69, 9.17) is 10.8 Å². The summed E-state index contributed by atoms with van der Waals surface area (Å²) in [6.45, 7) is 2.41. The van der Waals surface area contributed by atoms with Crippen molar-refractivity contribution < 1.29 is 9.90 Å². The van der Waals surface area contributed by atoms with Crippen LogP contribution in [-0.4, -0.2) is 35.6 Å². The normalized spacial score (nSPS) is 19.5. The molecule has 4 nitrogen and oxygen atoms in total. The fraction of sp³-hybridized carbons (Fsp3) is 0.462. The molecule has 0 radical (unpaired) electrons. The predicted octanol–water partition coefficient (Wildman–Crippen LogP) is 0.399. The van der Waals surface area contributed by atoms with Gasteiger partial charge in [0.1, 0.15) is 6.61 Å². The van der Waals surface area contributed by atoms with Crippen LogP contribution in [0.15, 0.2) is 12.1 Å². The Balaban J connectivity index is 1.90. The van der Waals surface area contributed by atoms with Crippen molar-refractivity contribution in [2.45, 2.75) is 13.0 Å². The molecule has 0 aromatic carbocycles. The quantitative estimate of drug-likeness (QED) is 0.777. The molecule has 1 aromatic rings. The predicted molar refractivity (Wildman–Crippen MR) is 70.9 cm³/mol. The average molecular weight is 264 g/mol. The molecule has 0 aliphatic carbocycles. The lowest BCUT2D eigenvalue weighted by atomic mass is 10.1. The highest BCUT2D eigenvalue weighted by molar-refractivity contribution is 7.12. The second-order valence-electron chi connectivity index (χ2n) is 4.35. The third-order valence-electron chi connectivity index (χ3n) is 3.01. The molecule has 0 saturated carbocycles. The largest absolute Gasteiger partial charge is 0.384 e. The summed E-state index contributed by atoms with van der Waals surface area (Å²) in [4.78, 5) is 15.5. The SMILES string of the molecule is NC(=O)C1CCN(Cc2ccc(C#CCO)s2)C1. The number of aliphatic hydroxyl groups is 1. The molecule has 1 amide bonds. The zero-order valence-electron chi connectivity index (χ0n) is 10.1. The van der Waals surface area contributed by atoms with Crippen LogP contribution in [0.2, 0.25) is 0 Å². The highest BCUT2D eigenvalue weighted by atomic mass is 32.1. The number of carbonyl (C=O) groups is 1. The lowest BCUT2D eigenvalue weighted by molar-refractivity contribution is -0.121. The number of thiophene rings is 1. The second-order valence-corrected chi connectivity index (χ2v) is 5.52. The van der Waals surface area contributed by atoms with Crippen LogP contribution in [0.1, 0.15) is 16.2 Å². The van der Waals surface area contributed by atoms with Gasteiger partial charge in [-0.2, -0.15) is 0 Å². The smallest absolute Gasteiger partial charge is 0.221 e. The molecule has 2 heterocycles. The lowest BCUT2D eigenvalue weighted by Crippen LogP contribution is -2.27. The molecule has 1 aromatic heterocycles. The molecule has 2 rings (SSSR count). The van der Waals surface area contributed by atoms with Crippen LogP contribution in [0, 0.1) is 17.8 Å². The van der Waals surface area contributed by atoms with E-state index in [2.05, 4.69) is 16.7 Å². The monoisotopic (exact) mass is 264 g/mol. The van der Waals surface area contributed by atoms with Crippen molar-refractivity contribution in [2.75, 3.05) is 19.7 Å². The summed E-state index contributed by atoms with van der Waals surface area (Å²) < 4.78 is 0. The number of carbonyl (C=O) groups excluding carboxylic acids is 1.